The molecule has 65 heavy (non-hydrogen) atoms. The third-order valence-corrected chi connectivity index (χ3v) is 12.4. The summed E-state index contributed by atoms with van der Waals surface area (Å²) in [4.78, 5) is 9.36. The van der Waals surface area contributed by atoms with Crippen LogP contribution in [0.25, 0.3) is 61.0 Å². The highest BCUT2D eigenvalue weighted by atomic mass is 19.1. The Bertz CT molecular complexity index is 3390. The number of benzene rings is 8. The zero-order valence-electron chi connectivity index (χ0n) is 36.2. The molecular formula is C58H44F2N4O. The number of ether oxygens (including phenoxy) is 1. The summed E-state index contributed by atoms with van der Waals surface area (Å²) in [6.45, 7) is 7.10. The van der Waals surface area contributed by atoms with Crippen molar-refractivity contribution >= 4 is 44.6 Å². The molecule has 0 aliphatic carbocycles. The number of para-hydroxylation sites is 4. The van der Waals surface area contributed by atoms with Crippen molar-refractivity contribution in [2.45, 2.75) is 26.2 Å². The van der Waals surface area contributed by atoms with Crippen LogP contribution < -0.4 is 14.5 Å². The normalized spacial score (nSPS) is 12.6. The first-order valence-electron chi connectivity index (χ1n) is 21.8. The van der Waals surface area contributed by atoms with Gasteiger partial charge in [0.15, 0.2) is 0 Å². The molecule has 0 atom stereocenters. The topological polar surface area (TPSA) is 33.5 Å². The predicted molar refractivity (Wildman–Crippen MR) is 262 cm³/mol. The van der Waals surface area contributed by atoms with Crippen LogP contribution in [0.15, 0.2) is 200 Å². The SMILES string of the molecule is CC(C)(C)c1ccnc(-n2c3ccccc3c3ccc(Oc4cc(-c5ccc(-c6ccccc6)cc5)cc(N5CN(c6ccccc6-c6cc(F)cc(F)c6)c6ccccc65)c4)cc32)c1. The first kappa shape index (κ1) is 39.8. The lowest BCUT2D eigenvalue weighted by molar-refractivity contribution is 0.483. The van der Waals surface area contributed by atoms with E-state index in [0.29, 0.717) is 23.7 Å². The van der Waals surface area contributed by atoms with Crippen molar-refractivity contribution < 1.29 is 13.5 Å². The lowest BCUT2D eigenvalue weighted by Crippen LogP contribution is -2.24. The average Bonchev–Trinajstić information content (AvgIpc) is 3.87. The Balaban J connectivity index is 1.03. The fraction of sp³-hybridized carbons (Fsp3) is 0.0862. The van der Waals surface area contributed by atoms with Gasteiger partial charge in [0.2, 0.25) is 0 Å². The van der Waals surface area contributed by atoms with E-state index in [9.17, 15) is 8.78 Å². The number of rotatable bonds is 8. The van der Waals surface area contributed by atoms with Crippen LogP contribution >= 0.6 is 0 Å². The summed E-state index contributed by atoms with van der Waals surface area (Å²) in [7, 11) is 0. The van der Waals surface area contributed by atoms with E-state index in [1.165, 1.54) is 17.7 Å². The molecule has 0 bridgehead atoms. The average molecular weight is 851 g/mol. The van der Waals surface area contributed by atoms with E-state index in [4.69, 9.17) is 9.72 Å². The van der Waals surface area contributed by atoms with Gasteiger partial charge in [-0.2, -0.15) is 0 Å². The minimum atomic E-state index is -0.619. The van der Waals surface area contributed by atoms with Crippen molar-refractivity contribution in [2.24, 2.45) is 0 Å². The molecule has 1 aliphatic rings. The number of aromatic nitrogens is 2. The molecule has 5 nitrogen and oxygen atoms in total. The van der Waals surface area contributed by atoms with Gasteiger partial charge in [-0.25, -0.2) is 13.8 Å². The van der Waals surface area contributed by atoms with Gasteiger partial charge in [0.05, 0.1) is 28.1 Å². The molecule has 7 heteroatoms. The highest BCUT2D eigenvalue weighted by Gasteiger charge is 2.30. The maximum absolute atomic E-state index is 14.6. The van der Waals surface area contributed by atoms with Crippen molar-refractivity contribution in [2.75, 3.05) is 16.5 Å². The van der Waals surface area contributed by atoms with Crippen molar-refractivity contribution in [1.82, 2.24) is 9.55 Å². The van der Waals surface area contributed by atoms with Crippen LogP contribution in [-0.2, 0) is 5.41 Å². The first-order valence-corrected chi connectivity index (χ1v) is 21.8. The molecule has 11 rings (SSSR count). The Morgan fingerprint density at radius 3 is 1.86 bits per heavy atom. The standard InChI is InChI=1S/C58H44F2N4O/c1-58(2,3)43-27-28-61-57(33-43)64-53-18-10-8-16-50(53)51-26-25-47(36-56(51)64)65-48-32-41(40-23-21-39(22-24-40)38-13-5-4-6-14-38)31-46(35-48)62-37-63(55-20-12-11-19-54(55)62)52-17-9-7-15-49(52)42-29-44(59)34-45(60)30-42/h4-36H,37H2,1-3H3. The third kappa shape index (κ3) is 7.45. The van der Waals surface area contributed by atoms with Gasteiger partial charge >= 0.3 is 0 Å². The number of anilines is 4. The van der Waals surface area contributed by atoms with Gasteiger partial charge in [-0.1, -0.05) is 124 Å². The fourth-order valence-corrected chi connectivity index (χ4v) is 9.16. The molecule has 1 aliphatic heterocycles. The van der Waals surface area contributed by atoms with Crippen LogP contribution in [0, 0.1) is 11.6 Å². The minimum Gasteiger partial charge on any atom is -0.457 e. The molecule has 0 saturated heterocycles. The van der Waals surface area contributed by atoms with E-state index < -0.39 is 11.6 Å². The van der Waals surface area contributed by atoms with E-state index in [1.807, 2.05) is 54.7 Å². The van der Waals surface area contributed by atoms with Crippen molar-refractivity contribution in [1.29, 1.82) is 0 Å². The summed E-state index contributed by atoms with van der Waals surface area (Å²) >= 11 is 0. The molecule has 0 N–H and O–H groups in total. The van der Waals surface area contributed by atoms with Crippen LogP contribution in [0.4, 0.5) is 31.5 Å². The van der Waals surface area contributed by atoms with Crippen LogP contribution in [0.2, 0.25) is 0 Å². The molecular weight excluding hydrogens is 807 g/mol. The lowest BCUT2D eigenvalue weighted by Gasteiger charge is -2.25. The highest BCUT2D eigenvalue weighted by molar-refractivity contribution is 6.09. The number of hydrogen-bond donors (Lipinski definition) is 0. The Morgan fingerprint density at radius 1 is 0.477 bits per heavy atom. The molecule has 0 radical (unpaired) electrons. The quantitative estimate of drug-likeness (QED) is 0.152. The van der Waals surface area contributed by atoms with Gasteiger partial charge in [0.25, 0.3) is 0 Å². The van der Waals surface area contributed by atoms with E-state index in [0.717, 1.165) is 84.3 Å². The Hall–Kier alpha value is -8.03. The van der Waals surface area contributed by atoms with Crippen molar-refractivity contribution in [3.8, 4) is 50.7 Å². The highest BCUT2D eigenvalue weighted by Crippen LogP contribution is 2.48. The zero-order valence-corrected chi connectivity index (χ0v) is 36.2. The smallest absolute Gasteiger partial charge is 0.137 e. The molecule has 10 aromatic rings. The first-order chi connectivity index (χ1) is 31.6. The van der Waals surface area contributed by atoms with Gasteiger partial charge in [-0.3, -0.25) is 4.57 Å². The number of pyridine rings is 1. The molecule has 8 aromatic carbocycles. The van der Waals surface area contributed by atoms with Gasteiger partial charge < -0.3 is 14.5 Å². The van der Waals surface area contributed by atoms with E-state index in [-0.39, 0.29) is 5.41 Å². The summed E-state index contributed by atoms with van der Waals surface area (Å²) in [5.74, 6) is 0.977. The molecule has 316 valence electrons. The van der Waals surface area contributed by atoms with Crippen LogP contribution in [-0.4, -0.2) is 16.2 Å². The monoisotopic (exact) mass is 850 g/mol. The van der Waals surface area contributed by atoms with Crippen LogP contribution in [0.3, 0.4) is 0 Å². The predicted octanol–water partition coefficient (Wildman–Crippen LogP) is 15.8. The number of nitrogens with zero attached hydrogens (tertiary/aromatic N) is 4. The molecule has 0 unspecified atom stereocenters. The van der Waals surface area contributed by atoms with Gasteiger partial charge in [-0.05, 0) is 112 Å². The fourth-order valence-electron chi connectivity index (χ4n) is 9.16. The van der Waals surface area contributed by atoms with Gasteiger partial charge in [0.1, 0.15) is 35.6 Å². The summed E-state index contributed by atoms with van der Waals surface area (Å²) in [5, 5.41) is 2.25. The second-order valence-corrected chi connectivity index (χ2v) is 17.6. The molecule has 0 fully saturated rings. The summed E-state index contributed by atoms with van der Waals surface area (Å²) in [5.41, 5.74) is 12.5. The Labute approximate surface area is 377 Å². The third-order valence-electron chi connectivity index (χ3n) is 12.4. The molecule has 0 amide bonds. The second kappa shape index (κ2) is 16.0. The summed E-state index contributed by atoms with van der Waals surface area (Å²) in [6.07, 6.45) is 1.90. The van der Waals surface area contributed by atoms with Crippen molar-refractivity contribution in [3.05, 3.63) is 218 Å². The Morgan fingerprint density at radius 2 is 1.11 bits per heavy atom. The van der Waals surface area contributed by atoms with Crippen molar-refractivity contribution in [3.63, 3.8) is 0 Å². The van der Waals surface area contributed by atoms with E-state index in [2.05, 4.69) is 163 Å². The molecule has 0 saturated carbocycles. The van der Waals surface area contributed by atoms with E-state index in [1.54, 1.807) is 0 Å². The summed E-state index contributed by atoms with van der Waals surface area (Å²) in [6, 6.07) is 64.1. The molecule has 2 aromatic heterocycles. The second-order valence-electron chi connectivity index (χ2n) is 17.6. The maximum atomic E-state index is 14.6. The lowest BCUT2D eigenvalue weighted by atomic mass is 9.88. The summed E-state index contributed by atoms with van der Waals surface area (Å²) < 4.78 is 38.4. The van der Waals surface area contributed by atoms with Crippen LogP contribution in [0.1, 0.15) is 26.3 Å². The molecule has 0 spiro atoms. The largest absolute Gasteiger partial charge is 0.457 e. The van der Waals surface area contributed by atoms with Crippen LogP contribution in [0.5, 0.6) is 11.5 Å². The van der Waals surface area contributed by atoms with Gasteiger partial charge in [-0.15, -0.1) is 0 Å². The van der Waals surface area contributed by atoms with Gasteiger partial charge in [0, 0.05) is 46.4 Å². The molecule has 3 heterocycles. The minimum absolute atomic E-state index is 0.0493. The Kier molecular flexibility index (Phi) is 9.76. The number of hydrogen-bond acceptors (Lipinski definition) is 4. The zero-order chi connectivity index (χ0) is 44.2. The number of fused-ring (bicyclic) bond motifs is 4. The van der Waals surface area contributed by atoms with E-state index >= 15 is 0 Å². The maximum Gasteiger partial charge on any atom is 0.137 e. The number of halogens is 2.